The second-order valence-corrected chi connectivity index (χ2v) is 6.62. The van der Waals surface area contributed by atoms with E-state index in [1.54, 1.807) is 11.1 Å². The molecule has 1 fully saturated rings. The molecule has 2 amide bonds. The predicted molar refractivity (Wildman–Crippen MR) is 91.8 cm³/mol. The first kappa shape index (κ1) is 16.7. The van der Waals surface area contributed by atoms with Crippen LogP contribution in [0.5, 0.6) is 0 Å². The van der Waals surface area contributed by atoms with E-state index in [1.807, 2.05) is 30.3 Å². The van der Waals surface area contributed by atoms with Crippen LogP contribution in [0.4, 0.5) is 0 Å². The standard InChI is InChI=1S/C19H24N2O3/c1-13(22)21-11-10-14-6-2-3-7-15(14)17(21)12-19(24)20-16-8-4-5-9-18(16)23/h2-3,6-7,10-11,16-18,23H,4-5,8-9,12H2,1H3,(H,20,24). The summed E-state index contributed by atoms with van der Waals surface area (Å²) in [6.45, 7) is 1.51. The highest BCUT2D eigenvalue weighted by Gasteiger charge is 2.30. The number of carbonyl (C=O) groups excluding carboxylic acids is 2. The molecule has 0 radical (unpaired) electrons. The third-order valence-electron chi connectivity index (χ3n) is 4.92. The molecule has 24 heavy (non-hydrogen) atoms. The van der Waals surface area contributed by atoms with Gasteiger partial charge in [0.2, 0.25) is 11.8 Å². The number of nitrogens with one attached hydrogen (secondary N) is 1. The van der Waals surface area contributed by atoms with Crippen molar-refractivity contribution in [2.45, 2.75) is 57.2 Å². The van der Waals surface area contributed by atoms with E-state index in [1.165, 1.54) is 6.92 Å². The van der Waals surface area contributed by atoms with Crippen LogP contribution in [0, 0.1) is 0 Å². The van der Waals surface area contributed by atoms with Gasteiger partial charge in [0.15, 0.2) is 0 Å². The Bertz CT molecular complexity index is 656. The fraction of sp³-hybridized carbons (Fsp3) is 0.474. The summed E-state index contributed by atoms with van der Waals surface area (Å²) in [5.74, 6) is -0.210. The molecule has 1 aliphatic carbocycles. The number of rotatable bonds is 3. The molecule has 1 aromatic rings. The number of aliphatic hydroxyl groups is 1. The summed E-state index contributed by atoms with van der Waals surface area (Å²) in [6, 6.07) is 7.34. The van der Waals surface area contributed by atoms with Gasteiger partial charge in [0.1, 0.15) is 0 Å². The van der Waals surface area contributed by atoms with Gasteiger partial charge in [-0.2, -0.15) is 0 Å². The normalized spacial score (nSPS) is 25.9. The molecule has 1 aliphatic heterocycles. The lowest BCUT2D eigenvalue weighted by molar-refractivity contribution is -0.130. The minimum Gasteiger partial charge on any atom is -0.391 e. The molecule has 3 unspecified atom stereocenters. The van der Waals surface area contributed by atoms with Gasteiger partial charge in [0.25, 0.3) is 0 Å². The van der Waals surface area contributed by atoms with Crippen molar-refractivity contribution in [1.82, 2.24) is 10.2 Å². The maximum Gasteiger partial charge on any atom is 0.223 e. The number of nitrogens with zero attached hydrogens (tertiary/aromatic N) is 1. The zero-order valence-corrected chi connectivity index (χ0v) is 13.9. The van der Waals surface area contributed by atoms with Crippen LogP contribution in [0.15, 0.2) is 30.5 Å². The molecular formula is C19H24N2O3. The lowest BCUT2D eigenvalue weighted by Crippen LogP contribution is -2.46. The van der Waals surface area contributed by atoms with E-state index in [9.17, 15) is 14.7 Å². The van der Waals surface area contributed by atoms with Crippen molar-refractivity contribution in [1.29, 1.82) is 0 Å². The summed E-state index contributed by atoms with van der Waals surface area (Å²) in [6.07, 6.45) is 6.95. The Balaban J connectivity index is 1.74. The molecule has 128 valence electrons. The Morgan fingerprint density at radius 2 is 2.00 bits per heavy atom. The molecular weight excluding hydrogens is 304 g/mol. The van der Waals surface area contributed by atoms with Crippen LogP contribution < -0.4 is 5.32 Å². The quantitative estimate of drug-likeness (QED) is 0.895. The smallest absolute Gasteiger partial charge is 0.223 e. The van der Waals surface area contributed by atoms with Gasteiger partial charge >= 0.3 is 0 Å². The van der Waals surface area contributed by atoms with Crippen LogP contribution >= 0.6 is 0 Å². The van der Waals surface area contributed by atoms with Crippen LogP contribution in [0.2, 0.25) is 0 Å². The lowest BCUT2D eigenvalue weighted by atomic mass is 9.91. The van der Waals surface area contributed by atoms with Crippen molar-refractivity contribution >= 4 is 17.9 Å². The molecule has 0 spiro atoms. The summed E-state index contributed by atoms with van der Waals surface area (Å²) in [5, 5.41) is 13.0. The molecule has 2 N–H and O–H groups in total. The fourth-order valence-electron chi connectivity index (χ4n) is 3.63. The first-order chi connectivity index (χ1) is 11.6. The van der Waals surface area contributed by atoms with Crippen LogP contribution in [0.1, 0.15) is 56.2 Å². The van der Waals surface area contributed by atoms with Crippen molar-refractivity contribution in [2.24, 2.45) is 0 Å². The highest BCUT2D eigenvalue weighted by atomic mass is 16.3. The molecule has 5 nitrogen and oxygen atoms in total. The van der Waals surface area contributed by atoms with Gasteiger partial charge in [0, 0.05) is 13.1 Å². The second kappa shape index (κ2) is 7.18. The number of benzene rings is 1. The van der Waals surface area contributed by atoms with Crippen molar-refractivity contribution in [3.63, 3.8) is 0 Å². The van der Waals surface area contributed by atoms with Crippen molar-refractivity contribution in [3.05, 3.63) is 41.6 Å². The molecule has 3 rings (SSSR count). The van der Waals surface area contributed by atoms with Crippen LogP contribution in [0.3, 0.4) is 0 Å². The van der Waals surface area contributed by atoms with Crippen molar-refractivity contribution in [3.8, 4) is 0 Å². The molecule has 0 bridgehead atoms. The number of hydrogen-bond acceptors (Lipinski definition) is 3. The largest absolute Gasteiger partial charge is 0.391 e. The minimum absolute atomic E-state index is 0.0868. The maximum absolute atomic E-state index is 12.5. The fourth-order valence-corrected chi connectivity index (χ4v) is 3.63. The monoisotopic (exact) mass is 328 g/mol. The van der Waals surface area contributed by atoms with Crippen molar-refractivity contribution in [2.75, 3.05) is 0 Å². The van der Waals surface area contributed by atoms with E-state index in [0.29, 0.717) is 0 Å². The van der Waals surface area contributed by atoms with E-state index in [0.717, 1.165) is 36.8 Å². The van der Waals surface area contributed by atoms with Gasteiger partial charge in [-0.05, 0) is 30.0 Å². The average molecular weight is 328 g/mol. The molecule has 0 aromatic heterocycles. The number of amides is 2. The first-order valence-electron chi connectivity index (χ1n) is 8.59. The topological polar surface area (TPSA) is 69.6 Å². The Morgan fingerprint density at radius 1 is 1.25 bits per heavy atom. The summed E-state index contributed by atoms with van der Waals surface area (Å²) < 4.78 is 0. The second-order valence-electron chi connectivity index (χ2n) is 6.62. The minimum atomic E-state index is -0.467. The molecule has 1 saturated carbocycles. The van der Waals surface area contributed by atoms with Crippen molar-refractivity contribution < 1.29 is 14.7 Å². The summed E-state index contributed by atoms with van der Waals surface area (Å²) in [4.78, 5) is 26.1. The van der Waals surface area contributed by atoms with E-state index in [-0.39, 0.29) is 30.3 Å². The Hall–Kier alpha value is -2.14. The summed E-state index contributed by atoms with van der Waals surface area (Å²) in [5.41, 5.74) is 2.01. The van der Waals surface area contributed by atoms with E-state index in [2.05, 4.69) is 5.32 Å². The maximum atomic E-state index is 12.5. The number of aliphatic hydroxyl groups excluding tert-OH is 1. The van der Waals surface area contributed by atoms with Gasteiger partial charge in [-0.1, -0.05) is 37.1 Å². The molecule has 3 atom stereocenters. The molecule has 5 heteroatoms. The van der Waals surface area contributed by atoms with Gasteiger partial charge in [-0.3, -0.25) is 9.59 Å². The third-order valence-corrected chi connectivity index (χ3v) is 4.92. The van der Waals surface area contributed by atoms with Crippen LogP contribution in [-0.4, -0.2) is 34.0 Å². The highest BCUT2D eigenvalue weighted by Crippen LogP contribution is 2.33. The number of fused-ring (bicyclic) bond motifs is 1. The first-order valence-corrected chi connectivity index (χ1v) is 8.59. The Labute approximate surface area is 142 Å². The molecule has 1 aromatic carbocycles. The average Bonchev–Trinajstić information content (AvgIpc) is 2.57. The highest BCUT2D eigenvalue weighted by molar-refractivity contribution is 5.82. The van der Waals surface area contributed by atoms with Gasteiger partial charge < -0.3 is 15.3 Å². The Kier molecular flexibility index (Phi) is 5.00. The SMILES string of the molecule is CC(=O)N1C=Cc2ccccc2C1CC(=O)NC1CCCCC1O. The van der Waals surface area contributed by atoms with Gasteiger partial charge in [0.05, 0.1) is 24.6 Å². The molecule has 1 heterocycles. The third kappa shape index (κ3) is 3.51. The van der Waals surface area contributed by atoms with E-state index < -0.39 is 6.10 Å². The summed E-state index contributed by atoms with van der Waals surface area (Å²) >= 11 is 0. The van der Waals surface area contributed by atoms with Gasteiger partial charge in [-0.25, -0.2) is 0 Å². The predicted octanol–water partition coefficient (Wildman–Crippen LogP) is 2.37. The van der Waals surface area contributed by atoms with Crippen LogP contribution in [-0.2, 0) is 9.59 Å². The number of hydrogen-bond donors (Lipinski definition) is 2. The zero-order valence-electron chi connectivity index (χ0n) is 13.9. The lowest BCUT2D eigenvalue weighted by Gasteiger charge is -2.33. The van der Waals surface area contributed by atoms with Crippen LogP contribution in [0.25, 0.3) is 6.08 Å². The summed E-state index contributed by atoms with van der Waals surface area (Å²) in [7, 11) is 0. The molecule has 2 aliphatic rings. The number of carbonyl (C=O) groups is 2. The van der Waals surface area contributed by atoms with Gasteiger partial charge in [-0.15, -0.1) is 0 Å². The van der Waals surface area contributed by atoms with E-state index >= 15 is 0 Å². The zero-order chi connectivity index (χ0) is 17.1. The molecule has 0 saturated heterocycles. The Morgan fingerprint density at radius 3 is 2.75 bits per heavy atom. The van der Waals surface area contributed by atoms with E-state index in [4.69, 9.17) is 0 Å².